The zero-order valence-electron chi connectivity index (χ0n) is 53.0. The van der Waals surface area contributed by atoms with Crippen molar-refractivity contribution in [3.8, 4) is 0 Å². The van der Waals surface area contributed by atoms with E-state index in [9.17, 15) is 45.6 Å². The van der Waals surface area contributed by atoms with Crippen molar-refractivity contribution in [2.45, 2.75) is 376 Å². The molecule has 0 aliphatic carbocycles. The Bertz CT molecular complexity index is 1530. The molecule has 14 heteroatoms. The Morgan fingerprint density at radius 2 is 0.771 bits per heavy atom. The number of amides is 1. The van der Waals surface area contributed by atoms with Crippen LogP contribution < -0.4 is 5.32 Å². The Morgan fingerprint density at radius 1 is 0.422 bits per heavy atom. The van der Waals surface area contributed by atoms with E-state index in [1.165, 1.54) is 225 Å². The average molecular weight is 1180 g/mol. The first kappa shape index (κ1) is 77.3. The number of aliphatic hydroxyl groups excluding tert-OH is 8. The maximum absolute atomic E-state index is 13.3. The summed E-state index contributed by atoms with van der Waals surface area (Å²) >= 11 is 0. The van der Waals surface area contributed by atoms with E-state index in [2.05, 4.69) is 43.5 Å². The Labute approximate surface area is 506 Å². The summed E-state index contributed by atoms with van der Waals surface area (Å²) in [7, 11) is 0. The number of carbonyl (C=O) groups excluding carboxylic acids is 1. The van der Waals surface area contributed by atoms with Crippen LogP contribution in [0.1, 0.15) is 303 Å². The summed E-state index contributed by atoms with van der Waals surface area (Å²) in [6.07, 6.45) is 52.1. The van der Waals surface area contributed by atoms with Crippen LogP contribution in [0.3, 0.4) is 0 Å². The molecular weight excluding hydrogens is 1050 g/mol. The molecule has 0 bridgehead atoms. The van der Waals surface area contributed by atoms with Crippen LogP contribution in [0, 0.1) is 0 Å². The van der Waals surface area contributed by atoms with Gasteiger partial charge in [-0.05, 0) is 44.9 Å². The van der Waals surface area contributed by atoms with Gasteiger partial charge in [-0.3, -0.25) is 4.79 Å². The third-order valence-electron chi connectivity index (χ3n) is 17.1. The van der Waals surface area contributed by atoms with Crippen molar-refractivity contribution in [2.75, 3.05) is 19.8 Å². The molecule has 9 N–H and O–H groups in total. The number of aliphatic hydroxyl groups is 8. The van der Waals surface area contributed by atoms with Gasteiger partial charge < -0.3 is 65.1 Å². The predicted molar refractivity (Wildman–Crippen MR) is 337 cm³/mol. The standard InChI is InChI=1S/C69H129NO13/c1-3-5-7-9-11-13-15-17-19-21-23-24-25-26-27-28-29-30-31-32-33-34-35-36-38-40-42-44-46-48-50-52-58(73)57(70-61(74)53-51-49-47-45-43-41-39-37-22-20-18-16-14-12-10-8-6-4-2)56-80-68-66(79)64(77)67(60(55-72)82-68)83-69-65(78)63(76)62(75)59(54-71)81-69/h35-36,42,44,50,52,57-60,62-69,71-73,75-79H,3-34,37-41,43,45-49,51,53-56H2,1-2H3,(H,70,74)/b36-35+,44-42+,52-50+. The van der Waals surface area contributed by atoms with Gasteiger partial charge >= 0.3 is 0 Å². The van der Waals surface area contributed by atoms with E-state index in [1.54, 1.807) is 6.08 Å². The van der Waals surface area contributed by atoms with Gasteiger partial charge in [0.05, 0.1) is 32.0 Å². The minimum absolute atomic E-state index is 0.248. The highest BCUT2D eigenvalue weighted by Crippen LogP contribution is 2.30. The third-order valence-corrected chi connectivity index (χ3v) is 17.1. The number of nitrogens with one attached hydrogen (secondary N) is 1. The summed E-state index contributed by atoms with van der Waals surface area (Å²) in [4.78, 5) is 13.3. The van der Waals surface area contributed by atoms with Gasteiger partial charge in [-0.15, -0.1) is 0 Å². The minimum Gasteiger partial charge on any atom is -0.394 e. The molecule has 0 aromatic heterocycles. The highest BCUT2D eigenvalue weighted by Gasteiger charge is 2.51. The van der Waals surface area contributed by atoms with E-state index in [-0.39, 0.29) is 18.9 Å². The summed E-state index contributed by atoms with van der Waals surface area (Å²) < 4.78 is 22.8. The lowest BCUT2D eigenvalue weighted by Crippen LogP contribution is -2.65. The Morgan fingerprint density at radius 3 is 1.18 bits per heavy atom. The second kappa shape index (κ2) is 54.4. The van der Waals surface area contributed by atoms with Crippen LogP contribution in [0.25, 0.3) is 0 Å². The molecule has 0 aromatic rings. The summed E-state index contributed by atoms with van der Waals surface area (Å²) in [5.41, 5.74) is 0. The molecule has 0 radical (unpaired) electrons. The summed E-state index contributed by atoms with van der Waals surface area (Å²) in [5.74, 6) is -0.248. The maximum Gasteiger partial charge on any atom is 0.220 e. The smallest absolute Gasteiger partial charge is 0.220 e. The fourth-order valence-electron chi connectivity index (χ4n) is 11.5. The van der Waals surface area contributed by atoms with Crippen LogP contribution in [0.15, 0.2) is 36.5 Å². The van der Waals surface area contributed by atoms with Crippen molar-refractivity contribution < 1.29 is 64.6 Å². The number of allylic oxidation sites excluding steroid dienone is 5. The highest BCUT2D eigenvalue weighted by molar-refractivity contribution is 5.76. The number of unbranched alkanes of at least 4 members (excludes halogenated alkanes) is 40. The number of hydrogen-bond donors (Lipinski definition) is 9. The number of hydrogen-bond acceptors (Lipinski definition) is 13. The SMILES string of the molecule is CCCCCCCCCCCCCCCCCCCCCCC/C=C/CC/C=C/CC/C=C/C(O)C(COC1OC(CO)C(OC2OC(CO)C(O)C(O)C2O)C(O)C1O)NC(=O)CCCCCCCCCCCCCCCCCCCC. The van der Waals surface area contributed by atoms with Crippen molar-refractivity contribution >= 4 is 5.91 Å². The van der Waals surface area contributed by atoms with Gasteiger partial charge in [0.2, 0.25) is 5.91 Å². The lowest BCUT2D eigenvalue weighted by atomic mass is 9.97. The normalized spacial score (nSPS) is 24.0. The lowest BCUT2D eigenvalue weighted by molar-refractivity contribution is -0.359. The molecule has 0 aromatic carbocycles. The average Bonchev–Trinajstić information content (AvgIpc) is 3.64. The first-order valence-corrected chi connectivity index (χ1v) is 34.7. The molecule has 12 atom stereocenters. The van der Waals surface area contributed by atoms with Crippen LogP contribution in [0.4, 0.5) is 0 Å². The van der Waals surface area contributed by atoms with E-state index >= 15 is 0 Å². The number of ether oxygens (including phenoxy) is 4. The Hall–Kier alpha value is -1.79. The van der Waals surface area contributed by atoms with Gasteiger partial charge in [-0.25, -0.2) is 0 Å². The van der Waals surface area contributed by atoms with Crippen LogP contribution in [0.5, 0.6) is 0 Å². The van der Waals surface area contributed by atoms with Crippen molar-refractivity contribution in [3.63, 3.8) is 0 Å². The molecule has 2 heterocycles. The molecular formula is C69H129NO13. The van der Waals surface area contributed by atoms with Crippen LogP contribution >= 0.6 is 0 Å². The first-order valence-electron chi connectivity index (χ1n) is 34.7. The summed E-state index contributed by atoms with van der Waals surface area (Å²) in [6, 6.07) is -0.936. The molecule has 0 saturated carbocycles. The third kappa shape index (κ3) is 39.0. The zero-order valence-corrected chi connectivity index (χ0v) is 53.0. The molecule has 0 spiro atoms. The summed E-state index contributed by atoms with van der Waals surface area (Å²) in [6.45, 7) is 2.82. The van der Waals surface area contributed by atoms with Crippen LogP contribution in [-0.4, -0.2) is 140 Å². The van der Waals surface area contributed by atoms with Crippen LogP contribution in [0.2, 0.25) is 0 Å². The predicted octanol–water partition coefficient (Wildman–Crippen LogP) is 13.7. The van der Waals surface area contributed by atoms with Crippen molar-refractivity contribution in [1.82, 2.24) is 5.32 Å². The quantitative estimate of drug-likeness (QED) is 0.0204. The monoisotopic (exact) mass is 1180 g/mol. The van der Waals surface area contributed by atoms with Crippen molar-refractivity contribution in [1.29, 1.82) is 0 Å². The van der Waals surface area contributed by atoms with Crippen molar-refractivity contribution in [2.24, 2.45) is 0 Å². The molecule has 2 saturated heterocycles. The molecule has 488 valence electrons. The maximum atomic E-state index is 13.3. The largest absolute Gasteiger partial charge is 0.394 e. The fourth-order valence-corrected chi connectivity index (χ4v) is 11.5. The van der Waals surface area contributed by atoms with Crippen molar-refractivity contribution in [3.05, 3.63) is 36.5 Å². The Balaban J connectivity index is 1.69. The topological polar surface area (TPSA) is 228 Å². The molecule has 14 nitrogen and oxygen atoms in total. The molecule has 2 fully saturated rings. The molecule has 2 rings (SSSR count). The van der Waals surface area contributed by atoms with Gasteiger partial charge in [-0.1, -0.05) is 288 Å². The van der Waals surface area contributed by atoms with Gasteiger partial charge in [0.1, 0.15) is 48.8 Å². The number of carbonyl (C=O) groups is 1. The van der Waals surface area contributed by atoms with E-state index in [1.807, 2.05) is 6.08 Å². The van der Waals surface area contributed by atoms with Crippen LogP contribution in [-0.2, 0) is 23.7 Å². The van der Waals surface area contributed by atoms with E-state index in [4.69, 9.17) is 18.9 Å². The highest BCUT2D eigenvalue weighted by atomic mass is 16.7. The molecule has 2 aliphatic rings. The van der Waals surface area contributed by atoms with Gasteiger partial charge in [-0.2, -0.15) is 0 Å². The fraction of sp³-hybridized carbons (Fsp3) is 0.899. The zero-order chi connectivity index (χ0) is 60.2. The van der Waals surface area contributed by atoms with E-state index < -0.39 is 86.8 Å². The second-order valence-electron chi connectivity index (χ2n) is 24.6. The van der Waals surface area contributed by atoms with E-state index in [0.29, 0.717) is 12.8 Å². The molecule has 1 amide bonds. The van der Waals surface area contributed by atoms with Gasteiger partial charge in [0, 0.05) is 6.42 Å². The molecule has 12 unspecified atom stereocenters. The Kier molecular flexibility index (Phi) is 50.6. The first-order chi connectivity index (χ1) is 40.6. The second-order valence-corrected chi connectivity index (χ2v) is 24.6. The lowest BCUT2D eigenvalue weighted by Gasteiger charge is -2.46. The molecule has 2 aliphatic heterocycles. The summed E-state index contributed by atoms with van der Waals surface area (Å²) in [5, 5.41) is 87.3. The molecule has 83 heavy (non-hydrogen) atoms. The minimum atomic E-state index is -1.79. The van der Waals surface area contributed by atoms with Gasteiger partial charge in [0.15, 0.2) is 12.6 Å². The van der Waals surface area contributed by atoms with Gasteiger partial charge in [0.25, 0.3) is 0 Å². The van der Waals surface area contributed by atoms with E-state index in [0.717, 1.165) is 44.9 Å². The number of rotatable bonds is 57.